The minimum atomic E-state index is -0.322. The van der Waals surface area contributed by atoms with Gasteiger partial charge in [0.15, 0.2) is 0 Å². The van der Waals surface area contributed by atoms with Gasteiger partial charge in [0.1, 0.15) is 0 Å². The molecule has 2 aliphatic rings. The third-order valence-electron chi connectivity index (χ3n) is 3.96. The minimum absolute atomic E-state index is 0.143. The van der Waals surface area contributed by atoms with Gasteiger partial charge < -0.3 is 19.7 Å². The van der Waals surface area contributed by atoms with Crippen LogP contribution in [-0.4, -0.2) is 63.4 Å². The molecule has 2 fully saturated rings. The maximum absolute atomic E-state index is 12.8. The largest absolute Gasteiger partial charge is 0.384 e. The summed E-state index contributed by atoms with van der Waals surface area (Å²) in [6.07, 6.45) is 1.88. The summed E-state index contributed by atoms with van der Waals surface area (Å²) in [5, 5.41) is 3.31. The van der Waals surface area contributed by atoms with Gasteiger partial charge in [0.2, 0.25) is 5.91 Å². The molecule has 1 unspecified atom stereocenters. The van der Waals surface area contributed by atoms with Gasteiger partial charge in [0.25, 0.3) is 0 Å². The van der Waals surface area contributed by atoms with Gasteiger partial charge in [-0.2, -0.15) is 0 Å². The van der Waals surface area contributed by atoms with Crippen LogP contribution in [0.2, 0.25) is 0 Å². The monoisotopic (exact) mass is 256 g/mol. The van der Waals surface area contributed by atoms with Gasteiger partial charge in [-0.1, -0.05) is 0 Å². The summed E-state index contributed by atoms with van der Waals surface area (Å²) < 4.78 is 10.8. The van der Waals surface area contributed by atoms with Crippen LogP contribution in [0, 0.1) is 5.41 Å². The third-order valence-corrected chi connectivity index (χ3v) is 3.96. The molecule has 0 saturated carbocycles. The summed E-state index contributed by atoms with van der Waals surface area (Å²) in [7, 11) is 1.68. The predicted molar refractivity (Wildman–Crippen MR) is 68.4 cm³/mol. The lowest BCUT2D eigenvalue weighted by atomic mass is 9.78. The molecule has 2 saturated heterocycles. The van der Waals surface area contributed by atoms with Gasteiger partial charge >= 0.3 is 0 Å². The van der Waals surface area contributed by atoms with Gasteiger partial charge in [0, 0.05) is 20.2 Å². The van der Waals surface area contributed by atoms with E-state index in [0.717, 1.165) is 25.9 Å². The van der Waals surface area contributed by atoms with E-state index in [0.29, 0.717) is 26.3 Å². The van der Waals surface area contributed by atoms with E-state index in [2.05, 4.69) is 5.32 Å². The Morgan fingerprint density at radius 2 is 2.22 bits per heavy atom. The van der Waals surface area contributed by atoms with Gasteiger partial charge in [-0.05, 0) is 32.9 Å². The van der Waals surface area contributed by atoms with Crippen LogP contribution in [0.15, 0.2) is 0 Å². The van der Waals surface area contributed by atoms with Crippen molar-refractivity contribution >= 4 is 5.91 Å². The second kappa shape index (κ2) is 5.99. The normalized spacial score (nSPS) is 28.1. The number of amides is 1. The standard InChI is InChI=1S/C13H24N2O3/c1-11-9-15(7-8-18-11)12(16)13(10-17-2)3-5-14-6-4-13/h11,14H,3-10H2,1-2H3. The molecule has 2 heterocycles. The van der Waals surface area contributed by atoms with Crippen LogP contribution in [0.4, 0.5) is 0 Å². The number of methoxy groups -OCH3 is 1. The molecule has 0 aliphatic carbocycles. The molecule has 2 aliphatic heterocycles. The number of rotatable bonds is 3. The molecule has 5 nitrogen and oxygen atoms in total. The zero-order chi connectivity index (χ0) is 13.0. The Morgan fingerprint density at radius 1 is 1.50 bits per heavy atom. The zero-order valence-corrected chi connectivity index (χ0v) is 11.4. The number of morpholine rings is 1. The molecule has 1 atom stereocenters. The highest BCUT2D eigenvalue weighted by molar-refractivity contribution is 5.83. The molecule has 0 radical (unpaired) electrons. The highest BCUT2D eigenvalue weighted by Gasteiger charge is 2.42. The van der Waals surface area contributed by atoms with Crippen LogP contribution in [0.25, 0.3) is 0 Å². The Labute approximate surface area is 109 Å². The molecule has 0 aromatic rings. The average molecular weight is 256 g/mol. The number of piperidine rings is 1. The Hall–Kier alpha value is -0.650. The maximum Gasteiger partial charge on any atom is 0.231 e. The van der Waals surface area contributed by atoms with Crippen molar-refractivity contribution in [1.29, 1.82) is 0 Å². The van der Waals surface area contributed by atoms with Gasteiger partial charge in [-0.3, -0.25) is 4.79 Å². The fourth-order valence-corrected chi connectivity index (χ4v) is 2.94. The molecule has 5 heteroatoms. The smallest absolute Gasteiger partial charge is 0.231 e. The fourth-order valence-electron chi connectivity index (χ4n) is 2.94. The topological polar surface area (TPSA) is 50.8 Å². The molecule has 104 valence electrons. The second-order valence-corrected chi connectivity index (χ2v) is 5.40. The Bertz CT molecular complexity index is 284. The third kappa shape index (κ3) is 2.84. The van der Waals surface area contributed by atoms with Crippen molar-refractivity contribution < 1.29 is 14.3 Å². The van der Waals surface area contributed by atoms with Crippen LogP contribution in [0.1, 0.15) is 19.8 Å². The lowest BCUT2D eigenvalue weighted by Gasteiger charge is -2.41. The summed E-state index contributed by atoms with van der Waals surface area (Å²) in [6.45, 7) is 6.40. The molecule has 1 N–H and O–H groups in total. The van der Waals surface area contributed by atoms with Gasteiger partial charge in [-0.25, -0.2) is 0 Å². The van der Waals surface area contributed by atoms with Crippen LogP contribution in [0.5, 0.6) is 0 Å². The van der Waals surface area contributed by atoms with Crippen LogP contribution >= 0.6 is 0 Å². The number of nitrogens with one attached hydrogen (secondary N) is 1. The van der Waals surface area contributed by atoms with Crippen LogP contribution in [0.3, 0.4) is 0 Å². The first kappa shape index (κ1) is 13.8. The van der Waals surface area contributed by atoms with Crippen molar-refractivity contribution in [2.75, 3.05) is 46.5 Å². The Kier molecular flexibility index (Phi) is 4.59. The molecule has 0 aromatic carbocycles. The summed E-state index contributed by atoms with van der Waals surface area (Å²) >= 11 is 0. The minimum Gasteiger partial charge on any atom is -0.384 e. The zero-order valence-electron chi connectivity index (χ0n) is 11.4. The summed E-state index contributed by atoms with van der Waals surface area (Å²) in [5.74, 6) is 0.251. The Balaban J connectivity index is 2.07. The van der Waals surface area contributed by atoms with E-state index < -0.39 is 0 Å². The molecule has 2 rings (SSSR count). The van der Waals surface area contributed by atoms with E-state index in [1.807, 2.05) is 11.8 Å². The molecule has 0 bridgehead atoms. The first-order valence-electron chi connectivity index (χ1n) is 6.78. The number of carbonyl (C=O) groups excluding carboxylic acids is 1. The van der Waals surface area contributed by atoms with E-state index in [1.54, 1.807) is 7.11 Å². The number of ether oxygens (including phenoxy) is 2. The quantitative estimate of drug-likeness (QED) is 0.786. The van der Waals surface area contributed by atoms with Crippen LogP contribution in [-0.2, 0) is 14.3 Å². The Morgan fingerprint density at radius 3 is 2.83 bits per heavy atom. The molecule has 1 amide bonds. The van der Waals surface area contributed by atoms with E-state index in [4.69, 9.17) is 9.47 Å². The van der Waals surface area contributed by atoms with Crippen molar-refractivity contribution in [3.05, 3.63) is 0 Å². The first-order chi connectivity index (χ1) is 8.68. The highest BCUT2D eigenvalue weighted by atomic mass is 16.5. The lowest BCUT2D eigenvalue weighted by Crippen LogP contribution is -2.55. The molecule has 18 heavy (non-hydrogen) atoms. The van der Waals surface area contributed by atoms with Gasteiger partial charge in [0.05, 0.1) is 24.7 Å². The summed E-state index contributed by atoms with van der Waals surface area (Å²) in [6, 6.07) is 0. The number of nitrogens with zero attached hydrogens (tertiary/aromatic N) is 1. The molecular formula is C13H24N2O3. The first-order valence-corrected chi connectivity index (χ1v) is 6.78. The number of hydrogen-bond acceptors (Lipinski definition) is 4. The van der Waals surface area contributed by atoms with Crippen molar-refractivity contribution in [3.63, 3.8) is 0 Å². The van der Waals surface area contributed by atoms with Crippen molar-refractivity contribution in [2.24, 2.45) is 5.41 Å². The van der Waals surface area contributed by atoms with Crippen molar-refractivity contribution in [1.82, 2.24) is 10.2 Å². The maximum atomic E-state index is 12.8. The van der Waals surface area contributed by atoms with E-state index >= 15 is 0 Å². The van der Waals surface area contributed by atoms with Crippen molar-refractivity contribution in [3.8, 4) is 0 Å². The highest BCUT2D eigenvalue weighted by Crippen LogP contribution is 2.32. The number of carbonyl (C=O) groups is 1. The SMILES string of the molecule is COCC1(C(=O)N2CCOC(C)C2)CCNCC1. The lowest BCUT2D eigenvalue weighted by molar-refractivity contribution is -0.154. The molecular weight excluding hydrogens is 232 g/mol. The van der Waals surface area contributed by atoms with Gasteiger partial charge in [-0.15, -0.1) is 0 Å². The van der Waals surface area contributed by atoms with E-state index in [1.165, 1.54) is 0 Å². The fraction of sp³-hybridized carbons (Fsp3) is 0.923. The molecule has 0 aromatic heterocycles. The average Bonchev–Trinajstić information content (AvgIpc) is 2.39. The van der Waals surface area contributed by atoms with Crippen molar-refractivity contribution in [2.45, 2.75) is 25.9 Å². The summed E-state index contributed by atoms with van der Waals surface area (Å²) in [4.78, 5) is 14.7. The van der Waals surface area contributed by atoms with E-state index in [-0.39, 0.29) is 17.4 Å². The number of hydrogen-bond donors (Lipinski definition) is 1. The van der Waals surface area contributed by atoms with Crippen LogP contribution < -0.4 is 5.32 Å². The molecule has 0 spiro atoms. The second-order valence-electron chi connectivity index (χ2n) is 5.40. The van der Waals surface area contributed by atoms with E-state index in [9.17, 15) is 4.79 Å². The predicted octanol–water partition coefficient (Wildman–Crippen LogP) is 0.250. The summed E-state index contributed by atoms with van der Waals surface area (Å²) in [5.41, 5.74) is -0.322.